The van der Waals surface area contributed by atoms with E-state index in [0.717, 1.165) is 16.9 Å². The van der Waals surface area contributed by atoms with E-state index < -0.39 is 17.7 Å². The number of anilines is 1. The van der Waals surface area contributed by atoms with Crippen LogP contribution in [0.3, 0.4) is 0 Å². The minimum absolute atomic E-state index is 0.143. The Kier molecular flexibility index (Phi) is 4.90. The first-order chi connectivity index (χ1) is 8.73. The number of halogens is 1. The maximum atomic E-state index is 11.5. The standard InChI is InChI=1S/C11H13ClN2O4S/c1-11(2,3)18-10(17)14-9-13-7(5-19-9)6(4-12)8(15)16/h4-5H,1-3H3,(H,15,16)(H,13,14,17). The molecule has 1 aromatic heterocycles. The van der Waals surface area contributed by atoms with Crippen molar-refractivity contribution in [3.8, 4) is 0 Å². The van der Waals surface area contributed by atoms with Gasteiger partial charge in [0.1, 0.15) is 5.60 Å². The number of aliphatic carboxylic acids is 1. The fourth-order valence-corrected chi connectivity index (χ4v) is 1.96. The Hall–Kier alpha value is -1.60. The van der Waals surface area contributed by atoms with E-state index in [0.29, 0.717) is 0 Å². The van der Waals surface area contributed by atoms with Gasteiger partial charge in [-0.05, 0) is 20.8 Å². The Morgan fingerprint density at radius 1 is 1.53 bits per heavy atom. The van der Waals surface area contributed by atoms with Crippen LogP contribution >= 0.6 is 22.9 Å². The summed E-state index contributed by atoms with van der Waals surface area (Å²) in [7, 11) is 0. The Bertz CT molecular complexity index is 519. The van der Waals surface area contributed by atoms with E-state index in [4.69, 9.17) is 21.4 Å². The second kappa shape index (κ2) is 6.03. The highest BCUT2D eigenvalue weighted by molar-refractivity contribution is 7.14. The van der Waals surface area contributed by atoms with Crippen molar-refractivity contribution in [1.29, 1.82) is 0 Å². The second-order valence-electron chi connectivity index (χ2n) is 4.49. The number of amides is 1. The number of carbonyl (C=O) groups is 2. The molecule has 0 unspecified atom stereocenters. The molecule has 1 rings (SSSR count). The number of rotatable bonds is 3. The van der Waals surface area contributed by atoms with Gasteiger partial charge in [0.2, 0.25) is 0 Å². The van der Waals surface area contributed by atoms with Crippen molar-refractivity contribution in [3.05, 3.63) is 16.6 Å². The smallest absolute Gasteiger partial charge is 0.413 e. The summed E-state index contributed by atoms with van der Waals surface area (Å²) >= 11 is 6.49. The maximum Gasteiger partial charge on any atom is 0.413 e. The average molecular weight is 305 g/mol. The van der Waals surface area contributed by atoms with Crippen LogP contribution in [0.15, 0.2) is 10.9 Å². The number of nitrogens with one attached hydrogen (secondary N) is 1. The van der Waals surface area contributed by atoms with Crippen molar-refractivity contribution < 1.29 is 19.4 Å². The molecule has 0 saturated heterocycles. The van der Waals surface area contributed by atoms with Gasteiger partial charge < -0.3 is 9.84 Å². The molecule has 6 nitrogen and oxygen atoms in total. The van der Waals surface area contributed by atoms with Gasteiger partial charge in [-0.3, -0.25) is 5.32 Å². The van der Waals surface area contributed by atoms with Crippen molar-refractivity contribution in [3.63, 3.8) is 0 Å². The van der Waals surface area contributed by atoms with Crippen LogP contribution in [0, 0.1) is 0 Å². The topological polar surface area (TPSA) is 88.5 Å². The molecule has 8 heteroatoms. The number of hydrogen-bond donors (Lipinski definition) is 2. The lowest BCUT2D eigenvalue weighted by Crippen LogP contribution is -2.27. The molecule has 0 aliphatic carbocycles. The summed E-state index contributed by atoms with van der Waals surface area (Å²) in [5, 5.41) is 13.0. The summed E-state index contributed by atoms with van der Waals surface area (Å²) in [4.78, 5) is 26.3. The van der Waals surface area contributed by atoms with Gasteiger partial charge in [-0.2, -0.15) is 0 Å². The summed E-state index contributed by atoms with van der Waals surface area (Å²) in [6.45, 7) is 5.20. The minimum atomic E-state index is -1.19. The lowest BCUT2D eigenvalue weighted by Gasteiger charge is -2.18. The molecule has 104 valence electrons. The van der Waals surface area contributed by atoms with Gasteiger partial charge in [-0.1, -0.05) is 11.6 Å². The van der Waals surface area contributed by atoms with Gasteiger partial charge >= 0.3 is 12.1 Å². The van der Waals surface area contributed by atoms with Gasteiger partial charge in [0, 0.05) is 10.9 Å². The van der Waals surface area contributed by atoms with Crippen molar-refractivity contribution in [2.75, 3.05) is 5.32 Å². The van der Waals surface area contributed by atoms with Crippen LogP contribution in [-0.4, -0.2) is 27.8 Å². The van der Waals surface area contributed by atoms with Crippen LogP contribution in [0.4, 0.5) is 9.93 Å². The van der Waals surface area contributed by atoms with E-state index in [1.54, 1.807) is 20.8 Å². The number of carboxylic acids is 1. The molecule has 1 aromatic rings. The van der Waals surface area contributed by atoms with Crippen molar-refractivity contribution >= 4 is 45.7 Å². The highest BCUT2D eigenvalue weighted by Crippen LogP contribution is 2.23. The molecule has 1 amide bonds. The maximum absolute atomic E-state index is 11.5. The first-order valence-electron chi connectivity index (χ1n) is 5.22. The highest BCUT2D eigenvalue weighted by atomic mass is 35.5. The van der Waals surface area contributed by atoms with Crippen LogP contribution < -0.4 is 5.32 Å². The Balaban J connectivity index is 2.76. The summed E-state index contributed by atoms with van der Waals surface area (Å²) in [6, 6.07) is 0. The molecule has 0 radical (unpaired) electrons. The summed E-state index contributed by atoms with van der Waals surface area (Å²) < 4.78 is 5.04. The molecule has 0 bridgehead atoms. The van der Waals surface area contributed by atoms with E-state index in [1.165, 1.54) is 5.38 Å². The molecule has 2 N–H and O–H groups in total. The molecule has 0 saturated carbocycles. The van der Waals surface area contributed by atoms with Crippen molar-refractivity contribution in [1.82, 2.24) is 4.98 Å². The molecular formula is C11H13ClN2O4S. The van der Waals surface area contributed by atoms with E-state index in [-0.39, 0.29) is 16.4 Å². The fraction of sp³-hybridized carbons (Fsp3) is 0.364. The molecule has 0 aromatic carbocycles. The zero-order chi connectivity index (χ0) is 14.6. The predicted octanol–water partition coefficient (Wildman–Crippen LogP) is 3.15. The number of ether oxygens (including phenoxy) is 1. The number of hydrogen-bond acceptors (Lipinski definition) is 5. The number of carbonyl (C=O) groups excluding carboxylic acids is 1. The quantitative estimate of drug-likeness (QED) is 0.837. The molecule has 0 spiro atoms. The normalized spacial score (nSPS) is 12.1. The van der Waals surface area contributed by atoms with Crippen molar-refractivity contribution in [2.24, 2.45) is 0 Å². The van der Waals surface area contributed by atoms with E-state index >= 15 is 0 Å². The number of thiazole rings is 1. The van der Waals surface area contributed by atoms with Crippen LogP contribution in [0.1, 0.15) is 26.5 Å². The Labute approximate surface area is 119 Å². The first kappa shape index (κ1) is 15.5. The van der Waals surface area contributed by atoms with Crippen molar-refractivity contribution in [2.45, 2.75) is 26.4 Å². The molecular weight excluding hydrogens is 292 g/mol. The molecule has 1 heterocycles. The molecule has 0 aliphatic rings. The lowest BCUT2D eigenvalue weighted by atomic mass is 10.2. The fourth-order valence-electron chi connectivity index (χ4n) is 1.06. The second-order valence-corrected chi connectivity index (χ2v) is 5.57. The lowest BCUT2D eigenvalue weighted by molar-refractivity contribution is -0.130. The van der Waals surface area contributed by atoms with Gasteiger partial charge in [0.25, 0.3) is 0 Å². The van der Waals surface area contributed by atoms with E-state index in [1.807, 2.05) is 0 Å². The van der Waals surface area contributed by atoms with Gasteiger partial charge in [-0.25, -0.2) is 14.6 Å². The number of carboxylic acid groups (broad SMARTS) is 1. The molecule has 0 atom stereocenters. The SMILES string of the molecule is CC(C)(C)OC(=O)Nc1nc(C(=CCl)C(=O)O)cs1. The highest BCUT2D eigenvalue weighted by Gasteiger charge is 2.18. The Morgan fingerprint density at radius 3 is 2.63 bits per heavy atom. The van der Waals surface area contributed by atoms with Crippen LogP contribution in [0.25, 0.3) is 5.57 Å². The zero-order valence-corrected chi connectivity index (χ0v) is 12.1. The predicted molar refractivity (Wildman–Crippen MR) is 73.4 cm³/mol. The molecule has 0 aliphatic heterocycles. The van der Waals surface area contributed by atoms with Gasteiger partial charge in [-0.15, -0.1) is 11.3 Å². The summed E-state index contributed by atoms with van der Waals surface area (Å²) in [5.41, 5.74) is 0.342. The number of aromatic nitrogens is 1. The largest absolute Gasteiger partial charge is 0.478 e. The van der Waals surface area contributed by atoms with Crippen LogP contribution in [0.2, 0.25) is 0 Å². The van der Waals surface area contributed by atoms with Crippen LogP contribution in [-0.2, 0) is 9.53 Å². The van der Waals surface area contributed by atoms with E-state index in [9.17, 15) is 9.59 Å². The molecule has 0 fully saturated rings. The number of nitrogens with zero attached hydrogens (tertiary/aromatic N) is 1. The zero-order valence-electron chi connectivity index (χ0n) is 10.6. The third kappa shape index (κ3) is 4.88. The summed E-state index contributed by atoms with van der Waals surface area (Å²) in [6.07, 6.45) is -0.653. The first-order valence-corrected chi connectivity index (χ1v) is 6.54. The molecule has 19 heavy (non-hydrogen) atoms. The van der Waals surface area contributed by atoms with E-state index in [2.05, 4.69) is 10.3 Å². The Morgan fingerprint density at radius 2 is 2.16 bits per heavy atom. The van der Waals surface area contributed by atoms with Gasteiger partial charge in [0.15, 0.2) is 5.13 Å². The monoisotopic (exact) mass is 304 g/mol. The van der Waals surface area contributed by atoms with Gasteiger partial charge in [0.05, 0.1) is 11.3 Å². The third-order valence-corrected chi connectivity index (χ3v) is 2.70. The summed E-state index contributed by atoms with van der Waals surface area (Å²) in [5.74, 6) is -1.19. The minimum Gasteiger partial charge on any atom is -0.478 e. The van der Waals surface area contributed by atoms with Crippen LogP contribution in [0.5, 0.6) is 0 Å². The average Bonchev–Trinajstić information content (AvgIpc) is 2.63. The third-order valence-electron chi connectivity index (χ3n) is 1.73.